The second kappa shape index (κ2) is 3.36. The van der Waals surface area contributed by atoms with Crippen LogP contribution >= 0.6 is 0 Å². The van der Waals surface area contributed by atoms with E-state index in [1.165, 1.54) is 19.1 Å². The summed E-state index contributed by atoms with van der Waals surface area (Å²) in [4.78, 5) is 0. The Kier molecular flexibility index (Phi) is 2.55. The van der Waals surface area contributed by atoms with E-state index in [9.17, 15) is 10.2 Å². The van der Waals surface area contributed by atoms with Gasteiger partial charge in [0.2, 0.25) is 0 Å². The molecule has 0 radical (unpaired) electrons. The number of phenols is 3. The van der Waals surface area contributed by atoms with Crippen LogP contribution in [0.3, 0.4) is 0 Å². The summed E-state index contributed by atoms with van der Waals surface area (Å²) < 4.78 is 0. The van der Waals surface area contributed by atoms with E-state index >= 15 is 0 Å². The van der Waals surface area contributed by atoms with E-state index in [2.05, 4.69) is 0 Å². The van der Waals surface area contributed by atoms with Crippen molar-refractivity contribution >= 4 is 0 Å². The van der Waals surface area contributed by atoms with Gasteiger partial charge < -0.3 is 26.2 Å². The third kappa shape index (κ3) is 1.73. The summed E-state index contributed by atoms with van der Waals surface area (Å²) in [5, 5.41) is 36.4. The average Bonchev–Trinajstić information content (AvgIpc) is 2.13. The van der Waals surface area contributed by atoms with Crippen molar-refractivity contribution in [3.05, 3.63) is 17.7 Å². The smallest absolute Gasteiger partial charge is 0.200 e. The summed E-state index contributed by atoms with van der Waals surface area (Å²) in [6.07, 6.45) is 0. The molecule has 1 rings (SSSR count). The standard InChI is InChI=1S/C9H13NO4/c1-9(10,4-11)5-2-6(12)8(14)7(13)3-5/h2-3,11-14H,4,10H2,1H3/t9-/m1/s1. The van der Waals surface area contributed by atoms with Crippen molar-refractivity contribution in [1.82, 2.24) is 0 Å². The van der Waals surface area contributed by atoms with Crippen LogP contribution in [0, 0.1) is 0 Å². The second-order valence-corrected chi connectivity index (χ2v) is 3.44. The Bertz CT molecular complexity index is 326. The molecule has 0 spiro atoms. The van der Waals surface area contributed by atoms with E-state index in [4.69, 9.17) is 15.9 Å². The lowest BCUT2D eigenvalue weighted by atomic mass is 9.93. The molecule has 0 heterocycles. The van der Waals surface area contributed by atoms with E-state index < -0.39 is 22.8 Å². The van der Waals surface area contributed by atoms with Crippen molar-refractivity contribution in [2.45, 2.75) is 12.5 Å². The molecule has 0 amide bonds. The van der Waals surface area contributed by atoms with Gasteiger partial charge in [-0.2, -0.15) is 0 Å². The first kappa shape index (κ1) is 10.6. The van der Waals surface area contributed by atoms with Gasteiger partial charge in [-0.15, -0.1) is 0 Å². The number of hydrogen-bond acceptors (Lipinski definition) is 5. The lowest BCUT2D eigenvalue weighted by Gasteiger charge is -2.22. The molecule has 0 aliphatic rings. The Labute approximate surface area is 81.0 Å². The van der Waals surface area contributed by atoms with Crippen molar-refractivity contribution < 1.29 is 20.4 Å². The molecule has 5 heteroatoms. The maximum absolute atomic E-state index is 9.19. The summed E-state index contributed by atoms with van der Waals surface area (Å²) >= 11 is 0. The molecule has 0 saturated carbocycles. The maximum atomic E-state index is 9.19. The summed E-state index contributed by atoms with van der Waals surface area (Å²) in [5.74, 6) is -1.53. The van der Waals surface area contributed by atoms with Crippen molar-refractivity contribution in [2.24, 2.45) is 5.73 Å². The Morgan fingerprint density at radius 2 is 1.64 bits per heavy atom. The Morgan fingerprint density at radius 3 is 2.00 bits per heavy atom. The zero-order valence-corrected chi connectivity index (χ0v) is 7.73. The van der Waals surface area contributed by atoms with Crippen molar-refractivity contribution in [3.63, 3.8) is 0 Å². The van der Waals surface area contributed by atoms with Gasteiger partial charge in [0.15, 0.2) is 17.2 Å². The van der Waals surface area contributed by atoms with Gasteiger partial charge in [-0.1, -0.05) is 0 Å². The van der Waals surface area contributed by atoms with Crippen LogP contribution in [-0.2, 0) is 5.54 Å². The quantitative estimate of drug-likeness (QED) is 0.430. The summed E-state index contributed by atoms with van der Waals surface area (Å²) in [7, 11) is 0. The first-order valence-electron chi connectivity index (χ1n) is 4.03. The number of aliphatic hydroxyl groups is 1. The van der Waals surface area contributed by atoms with Crippen LogP contribution in [0.5, 0.6) is 17.2 Å². The van der Waals surface area contributed by atoms with E-state index in [1.807, 2.05) is 0 Å². The van der Waals surface area contributed by atoms with Crippen LogP contribution in [-0.4, -0.2) is 27.0 Å². The number of benzene rings is 1. The van der Waals surface area contributed by atoms with Gasteiger partial charge in [-0.25, -0.2) is 0 Å². The first-order valence-corrected chi connectivity index (χ1v) is 4.03. The molecule has 5 nitrogen and oxygen atoms in total. The first-order chi connectivity index (χ1) is 6.38. The minimum absolute atomic E-state index is 0.337. The highest BCUT2D eigenvalue weighted by molar-refractivity contribution is 5.52. The number of aliphatic hydroxyl groups excluding tert-OH is 1. The predicted molar refractivity (Wildman–Crippen MR) is 50.1 cm³/mol. The van der Waals surface area contributed by atoms with E-state index in [0.717, 1.165) is 0 Å². The Balaban J connectivity index is 3.26. The van der Waals surface area contributed by atoms with Gasteiger partial charge >= 0.3 is 0 Å². The topological polar surface area (TPSA) is 107 Å². The molecule has 0 fully saturated rings. The lowest BCUT2D eigenvalue weighted by Crippen LogP contribution is -2.36. The molecule has 1 atom stereocenters. The van der Waals surface area contributed by atoms with Crippen molar-refractivity contribution in [3.8, 4) is 17.2 Å². The molecule has 78 valence electrons. The largest absolute Gasteiger partial charge is 0.504 e. The van der Waals surface area contributed by atoms with Gasteiger partial charge in [0.25, 0.3) is 0 Å². The van der Waals surface area contributed by atoms with Crippen LogP contribution in [0.25, 0.3) is 0 Å². The van der Waals surface area contributed by atoms with E-state index in [0.29, 0.717) is 5.56 Å². The molecule has 6 N–H and O–H groups in total. The van der Waals surface area contributed by atoms with Gasteiger partial charge in [0.1, 0.15) is 0 Å². The van der Waals surface area contributed by atoms with Gasteiger partial charge in [0.05, 0.1) is 12.1 Å². The third-order valence-electron chi connectivity index (χ3n) is 2.06. The van der Waals surface area contributed by atoms with E-state index in [1.54, 1.807) is 0 Å². The molecular weight excluding hydrogens is 186 g/mol. The van der Waals surface area contributed by atoms with Crippen LogP contribution < -0.4 is 5.73 Å². The minimum Gasteiger partial charge on any atom is -0.504 e. The van der Waals surface area contributed by atoms with Crippen molar-refractivity contribution in [2.75, 3.05) is 6.61 Å². The zero-order chi connectivity index (χ0) is 10.9. The highest BCUT2D eigenvalue weighted by atomic mass is 16.3. The summed E-state index contributed by atoms with van der Waals surface area (Å²) in [6, 6.07) is 2.40. The highest BCUT2D eigenvalue weighted by Gasteiger charge is 2.22. The fraction of sp³-hybridized carbons (Fsp3) is 0.333. The monoisotopic (exact) mass is 199 g/mol. The normalized spacial score (nSPS) is 15.1. The lowest BCUT2D eigenvalue weighted by molar-refractivity contribution is 0.209. The number of hydrogen-bond donors (Lipinski definition) is 5. The highest BCUT2D eigenvalue weighted by Crippen LogP contribution is 2.37. The molecule has 0 aliphatic carbocycles. The number of aromatic hydroxyl groups is 3. The summed E-state index contributed by atoms with van der Waals surface area (Å²) in [6.45, 7) is 1.20. The molecule has 0 aromatic heterocycles. The SMILES string of the molecule is C[C@@](N)(CO)c1cc(O)c(O)c(O)c1. The molecule has 1 aromatic carbocycles. The second-order valence-electron chi connectivity index (χ2n) is 3.44. The average molecular weight is 199 g/mol. The molecule has 14 heavy (non-hydrogen) atoms. The molecule has 0 aliphatic heterocycles. The number of rotatable bonds is 2. The summed E-state index contributed by atoms with van der Waals surface area (Å²) in [5.41, 5.74) is 4.95. The van der Waals surface area contributed by atoms with Crippen LogP contribution in [0.1, 0.15) is 12.5 Å². The predicted octanol–water partition coefficient (Wildman–Crippen LogP) is -0.0304. The van der Waals surface area contributed by atoms with Gasteiger partial charge in [-0.3, -0.25) is 0 Å². The molecule has 1 aromatic rings. The third-order valence-corrected chi connectivity index (χ3v) is 2.06. The zero-order valence-electron chi connectivity index (χ0n) is 7.73. The van der Waals surface area contributed by atoms with Crippen LogP contribution in [0.15, 0.2) is 12.1 Å². The Hall–Kier alpha value is -1.46. The van der Waals surface area contributed by atoms with Crippen LogP contribution in [0.2, 0.25) is 0 Å². The molecular formula is C9H13NO4. The number of phenolic OH excluding ortho intramolecular Hbond substituents is 3. The van der Waals surface area contributed by atoms with Gasteiger partial charge in [-0.05, 0) is 24.6 Å². The molecule has 0 bridgehead atoms. The molecule has 0 saturated heterocycles. The Morgan fingerprint density at radius 1 is 1.21 bits per heavy atom. The minimum atomic E-state index is -1.07. The van der Waals surface area contributed by atoms with Crippen LogP contribution in [0.4, 0.5) is 0 Å². The fourth-order valence-corrected chi connectivity index (χ4v) is 1.03. The fourth-order valence-electron chi connectivity index (χ4n) is 1.03. The maximum Gasteiger partial charge on any atom is 0.200 e. The van der Waals surface area contributed by atoms with Gasteiger partial charge in [0, 0.05) is 0 Å². The molecule has 0 unspecified atom stereocenters. The van der Waals surface area contributed by atoms with Crippen molar-refractivity contribution in [1.29, 1.82) is 0 Å². The van der Waals surface area contributed by atoms with E-state index in [-0.39, 0.29) is 6.61 Å². The number of nitrogens with two attached hydrogens (primary N) is 1.